The minimum atomic E-state index is 0.747. The standard InChI is InChI=1S/C15H19BrN2/c1-2-18-12(10-17-11-5-3-6-11)9-13-14(16)7-4-8-15(13)18/h4,7-9,11,17H,2-3,5-6,10H2,1H3. The van der Waals surface area contributed by atoms with E-state index < -0.39 is 0 Å². The monoisotopic (exact) mass is 306 g/mol. The van der Waals surface area contributed by atoms with Crippen molar-refractivity contribution in [3.8, 4) is 0 Å². The lowest BCUT2D eigenvalue weighted by atomic mass is 9.93. The molecule has 2 aromatic rings. The molecule has 0 unspecified atom stereocenters. The molecular weight excluding hydrogens is 288 g/mol. The van der Waals surface area contributed by atoms with Gasteiger partial charge in [-0.2, -0.15) is 0 Å². The topological polar surface area (TPSA) is 17.0 Å². The van der Waals surface area contributed by atoms with Crippen LogP contribution in [0.3, 0.4) is 0 Å². The van der Waals surface area contributed by atoms with E-state index in [4.69, 9.17) is 0 Å². The Labute approximate surface area is 116 Å². The fraction of sp³-hybridized carbons (Fsp3) is 0.467. The normalized spacial score (nSPS) is 16.1. The number of fused-ring (bicyclic) bond motifs is 1. The fourth-order valence-corrected chi connectivity index (χ4v) is 3.15. The van der Waals surface area contributed by atoms with Crippen molar-refractivity contribution in [2.75, 3.05) is 0 Å². The predicted molar refractivity (Wildman–Crippen MR) is 79.8 cm³/mol. The van der Waals surface area contributed by atoms with Gasteiger partial charge in [0.25, 0.3) is 0 Å². The Hall–Kier alpha value is -0.800. The van der Waals surface area contributed by atoms with E-state index in [-0.39, 0.29) is 0 Å². The Morgan fingerprint density at radius 3 is 2.89 bits per heavy atom. The second kappa shape index (κ2) is 5.06. The summed E-state index contributed by atoms with van der Waals surface area (Å²) in [5.74, 6) is 0. The van der Waals surface area contributed by atoms with Gasteiger partial charge in [0.05, 0.1) is 0 Å². The second-order valence-corrected chi connectivity index (χ2v) is 5.92. The Bertz CT molecular complexity index is 555. The van der Waals surface area contributed by atoms with Gasteiger partial charge in [0.2, 0.25) is 0 Å². The number of benzene rings is 1. The Morgan fingerprint density at radius 1 is 1.39 bits per heavy atom. The summed E-state index contributed by atoms with van der Waals surface area (Å²) in [4.78, 5) is 0. The second-order valence-electron chi connectivity index (χ2n) is 5.06. The summed E-state index contributed by atoms with van der Waals surface area (Å²) in [5, 5.41) is 4.98. The summed E-state index contributed by atoms with van der Waals surface area (Å²) < 4.78 is 3.60. The minimum Gasteiger partial charge on any atom is -0.344 e. The zero-order chi connectivity index (χ0) is 12.5. The molecule has 0 bridgehead atoms. The van der Waals surface area contributed by atoms with E-state index in [0.717, 1.165) is 19.1 Å². The van der Waals surface area contributed by atoms with Crippen LogP contribution in [-0.4, -0.2) is 10.6 Å². The van der Waals surface area contributed by atoms with Crippen LogP contribution in [0.1, 0.15) is 31.9 Å². The van der Waals surface area contributed by atoms with Gasteiger partial charge >= 0.3 is 0 Å². The molecule has 1 aromatic heterocycles. The van der Waals surface area contributed by atoms with E-state index in [9.17, 15) is 0 Å². The first kappa shape index (κ1) is 12.2. The van der Waals surface area contributed by atoms with Gasteiger partial charge in [-0.25, -0.2) is 0 Å². The number of nitrogens with zero attached hydrogens (tertiary/aromatic N) is 1. The molecule has 1 fully saturated rings. The maximum atomic E-state index is 3.65. The highest BCUT2D eigenvalue weighted by Crippen LogP contribution is 2.28. The van der Waals surface area contributed by atoms with Gasteiger partial charge in [-0.05, 0) is 38.0 Å². The number of hydrogen-bond acceptors (Lipinski definition) is 1. The third-order valence-corrected chi connectivity index (χ3v) is 4.66. The highest BCUT2D eigenvalue weighted by Gasteiger charge is 2.17. The van der Waals surface area contributed by atoms with E-state index in [0.29, 0.717) is 0 Å². The molecule has 0 amide bonds. The summed E-state index contributed by atoms with van der Waals surface area (Å²) in [6.45, 7) is 4.23. The van der Waals surface area contributed by atoms with Crippen molar-refractivity contribution in [1.29, 1.82) is 0 Å². The SMILES string of the molecule is CCn1c(CNC2CCC2)cc2c(Br)cccc21. The van der Waals surface area contributed by atoms with Crippen molar-refractivity contribution < 1.29 is 0 Å². The molecule has 3 rings (SSSR count). The van der Waals surface area contributed by atoms with Crippen LogP contribution in [0.25, 0.3) is 10.9 Å². The molecule has 1 aliphatic rings. The Balaban J connectivity index is 1.92. The maximum absolute atomic E-state index is 3.65. The third-order valence-electron chi connectivity index (χ3n) is 3.97. The molecular formula is C15H19BrN2. The van der Waals surface area contributed by atoms with Crippen LogP contribution in [0, 0.1) is 0 Å². The zero-order valence-corrected chi connectivity index (χ0v) is 12.3. The summed E-state index contributed by atoms with van der Waals surface area (Å²) in [6.07, 6.45) is 4.08. The quantitative estimate of drug-likeness (QED) is 0.901. The van der Waals surface area contributed by atoms with Crippen molar-refractivity contribution in [3.05, 3.63) is 34.4 Å². The summed E-state index contributed by atoms with van der Waals surface area (Å²) in [6, 6.07) is 9.50. The van der Waals surface area contributed by atoms with Gasteiger partial charge in [-0.15, -0.1) is 0 Å². The molecule has 1 aromatic carbocycles. The molecule has 0 radical (unpaired) electrons. The number of halogens is 1. The summed E-state index contributed by atoms with van der Waals surface area (Å²) >= 11 is 3.64. The van der Waals surface area contributed by atoms with Gasteiger partial charge in [0.1, 0.15) is 0 Å². The van der Waals surface area contributed by atoms with Crippen LogP contribution in [-0.2, 0) is 13.1 Å². The molecule has 1 N–H and O–H groups in total. The molecule has 0 saturated heterocycles. The Kier molecular flexibility index (Phi) is 3.44. The zero-order valence-electron chi connectivity index (χ0n) is 10.7. The van der Waals surface area contributed by atoms with E-state index in [1.54, 1.807) is 0 Å². The lowest BCUT2D eigenvalue weighted by Gasteiger charge is -2.26. The number of rotatable bonds is 4. The van der Waals surface area contributed by atoms with Crippen LogP contribution >= 0.6 is 15.9 Å². The molecule has 0 aliphatic heterocycles. The van der Waals surface area contributed by atoms with Crippen LogP contribution in [0.15, 0.2) is 28.7 Å². The van der Waals surface area contributed by atoms with Gasteiger partial charge in [-0.3, -0.25) is 0 Å². The first-order valence-corrected chi connectivity index (χ1v) is 7.59. The van der Waals surface area contributed by atoms with Gasteiger partial charge < -0.3 is 9.88 Å². The summed E-state index contributed by atoms with van der Waals surface area (Å²) in [5.41, 5.74) is 2.73. The molecule has 2 nitrogen and oxygen atoms in total. The number of aromatic nitrogens is 1. The van der Waals surface area contributed by atoms with E-state index in [1.807, 2.05) is 0 Å². The van der Waals surface area contributed by atoms with Crippen LogP contribution in [0.5, 0.6) is 0 Å². The first-order chi connectivity index (χ1) is 8.79. The van der Waals surface area contributed by atoms with Crippen LogP contribution < -0.4 is 5.32 Å². The van der Waals surface area contributed by atoms with Crippen molar-refractivity contribution in [3.63, 3.8) is 0 Å². The first-order valence-electron chi connectivity index (χ1n) is 6.79. The van der Waals surface area contributed by atoms with Gasteiger partial charge in [0.15, 0.2) is 0 Å². The van der Waals surface area contributed by atoms with Gasteiger partial charge in [-0.1, -0.05) is 28.4 Å². The lowest BCUT2D eigenvalue weighted by molar-refractivity contribution is 0.335. The smallest absolute Gasteiger partial charge is 0.0494 e. The highest BCUT2D eigenvalue weighted by molar-refractivity contribution is 9.10. The molecule has 1 saturated carbocycles. The fourth-order valence-electron chi connectivity index (χ4n) is 2.68. The number of hydrogen-bond donors (Lipinski definition) is 1. The lowest BCUT2D eigenvalue weighted by Crippen LogP contribution is -2.35. The largest absolute Gasteiger partial charge is 0.344 e. The van der Waals surface area contributed by atoms with E-state index in [2.05, 4.69) is 57.0 Å². The van der Waals surface area contributed by atoms with Crippen LogP contribution in [0.4, 0.5) is 0 Å². The van der Waals surface area contributed by atoms with Crippen molar-refractivity contribution in [2.24, 2.45) is 0 Å². The highest BCUT2D eigenvalue weighted by atomic mass is 79.9. The van der Waals surface area contributed by atoms with Crippen molar-refractivity contribution >= 4 is 26.8 Å². The average Bonchev–Trinajstić information content (AvgIpc) is 2.66. The molecule has 18 heavy (non-hydrogen) atoms. The molecule has 96 valence electrons. The van der Waals surface area contributed by atoms with Gasteiger partial charge in [0, 0.05) is 40.2 Å². The molecule has 1 aliphatic carbocycles. The maximum Gasteiger partial charge on any atom is 0.0494 e. The van der Waals surface area contributed by atoms with Crippen molar-refractivity contribution in [1.82, 2.24) is 9.88 Å². The number of aryl methyl sites for hydroxylation is 1. The molecule has 0 spiro atoms. The van der Waals surface area contributed by atoms with Crippen molar-refractivity contribution in [2.45, 2.75) is 45.3 Å². The molecule has 1 heterocycles. The summed E-state index contributed by atoms with van der Waals surface area (Å²) in [7, 11) is 0. The van der Waals surface area contributed by atoms with E-state index >= 15 is 0 Å². The number of nitrogens with one attached hydrogen (secondary N) is 1. The van der Waals surface area contributed by atoms with Crippen LogP contribution in [0.2, 0.25) is 0 Å². The average molecular weight is 307 g/mol. The predicted octanol–water partition coefficient (Wildman–Crippen LogP) is 4.07. The molecule has 3 heteroatoms. The van der Waals surface area contributed by atoms with E-state index in [1.165, 1.54) is 40.3 Å². The minimum absolute atomic E-state index is 0.747. The molecule has 0 atom stereocenters. The Morgan fingerprint density at radius 2 is 2.22 bits per heavy atom. The third kappa shape index (κ3) is 2.10.